The number of aromatic nitrogens is 3. The van der Waals surface area contributed by atoms with E-state index in [0.717, 1.165) is 92.5 Å². The van der Waals surface area contributed by atoms with Crippen LogP contribution in [0, 0.1) is 0 Å². The van der Waals surface area contributed by atoms with Crippen molar-refractivity contribution < 1.29 is 54.0 Å². The largest absolute Gasteiger partial charge is 2.00 e. The first-order valence-electron chi connectivity index (χ1n) is 16.7. The van der Waals surface area contributed by atoms with Gasteiger partial charge in [-0.25, -0.2) is 0 Å². The Kier molecular flexibility index (Phi) is 15.2. The fourth-order valence-electron chi connectivity index (χ4n) is 5.93. The van der Waals surface area contributed by atoms with Crippen LogP contribution in [0.3, 0.4) is 0 Å². The molecule has 53 heavy (non-hydrogen) atoms. The van der Waals surface area contributed by atoms with Gasteiger partial charge < -0.3 is 34.5 Å². The van der Waals surface area contributed by atoms with Gasteiger partial charge in [-0.1, -0.05) is 72.8 Å². The summed E-state index contributed by atoms with van der Waals surface area (Å²) in [5.74, 6) is 0. The number of hydrogen-bond acceptors (Lipinski definition) is 6. The molecule has 6 aromatic rings. The van der Waals surface area contributed by atoms with E-state index in [2.05, 4.69) is 124 Å². The summed E-state index contributed by atoms with van der Waals surface area (Å²) in [5, 5.41) is 3.57. The average molecular weight is 792 g/mol. The molecule has 0 radical (unpaired) electrons. The Labute approximate surface area is 315 Å². The molecule has 0 aliphatic carbocycles. The van der Waals surface area contributed by atoms with Gasteiger partial charge in [-0.05, 0) is 36.4 Å². The molecule has 0 bridgehead atoms. The molecule has 0 atom stereocenters. The van der Waals surface area contributed by atoms with Crippen LogP contribution in [0.25, 0.3) is 32.7 Å². The van der Waals surface area contributed by atoms with E-state index in [1.807, 2.05) is 0 Å². The van der Waals surface area contributed by atoms with E-state index in [-0.39, 0.29) is 19.5 Å². The zero-order valence-corrected chi connectivity index (χ0v) is 31.8. The summed E-state index contributed by atoms with van der Waals surface area (Å²) < 4.78 is 78.0. The number of para-hydroxylation sites is 3. The van der Waals surface area contributed by atoms with Crippen LogP contribution < -0.4 is 0 Å². The maximum Gasteiger partial charge on any atom is 2.00 e. The van der Waals surface area contributed by atoms with Crippen molar-refractivity contribution in [2.75, 3.05) is 39.3 Å². The maximum atomic E-state index is 9.75. The van der Waals surface area contributed by atoms with E-state index >= 15 is 0 Å². The first kappa shape index (κ1) is 41.7. The molecule has 17 heteroatoms. The normalized spacial score (nSPS) is 14.9. The van der Waals surface area contributed by atoms with Crippen LogP contribution in [0.15, 0.2) is 109 Å². The van der Waals surface area contributed by atoms with Gasteiger partial charge in [0.05, 0.1) is 33.6 Å². The molecule has 0 amide bonds. The number of pyridine rings is 3. The Bertz CT molecular complexity index is 1810. The van der Waals surface area contributed by atoms with Crippen LogP contribution in [-0.4, -0.2) is 83.4 Å². The first-order chi connectivity index (χ1) is 24.7. The number of rotatable bonds is 6. The third kappa shape index (κ3) is 14.7. The minimum atomic E-state index is -6.00. The summed E-state index contributed by atoms with van der Waals surface area (Å²) >= 11 is 0. The van der Waals surface area contributed by atoms with Crippen molar-refractivity contribution >= 4 is 47.2 Å². The zero-order chi connectivity index (χ0) is 37.1. The number of halogens is 8. The van der Waals surface area contributed by atoms with Gasteiger partial charge in [-0.2, -0.15) is 0 Å². The molecular formula is C36H36B2F8N6Zn. The van der Waals surface area contributed by atoms with Gasteiger partial charge in [0.25, 0.3) is 0 Å². The minimum absolute atomic E-state index is 0. The van der Waals surface area contributed by atoms with E-state index < -0.39 is 14.5 Å². The Balaban J connectivity index is 0.000000507. The Hall–Kier alpha value is -4.04. The van der Waals surface area contributed by atoms with Gasteiger partial charge in [-0.3, -0.25) is 29.7 Å². The van der Waals surface area contributed by atoms with Gasteiger partial charge >= 0.3 is 34.0 Å². The minimum Gasteiger partial charge on any atom is -0.418 e. The summed E-state index contributed by atoms with van der Waals surface area (Å²) in [5.41, 5.74) is 6.56. The zero-order valence-electron chi connectivity index (χ0n) is 28.8. The van der Waals surface area contributed by atoms with Crippen molar-refractivity contribution in [3.05, 3.63) is 126 Å². The summed E-state index contributed by atoms with van der Waals surface area (Å²) in [6, 6.07) is 38.3. The van der Waals surface area contributed by atoms with E-state index in [1.54, 1.807) is 0 Å². The van der Waals surface area contributed by atoms with E-state index in [0.29, 0.717) is 0 Å². The molecule has 3 aromatic carbocycles. The molecule has 1 fully saturated rings. The number of nitrogens with zero attached hydrogens (tertiary/aromatic N) is 6. The predicted octanol–water partition coefficient (Wildman–Crippen LogP) is 8.75. The topological polar surface area (TPSA) is 48.4 Å². The molecule has 0 unspecified atom stereocenters. The van der Waals surface area contributed by atoms with E-state index in [1.165, 1.54) is 16.2 Å². The van der Waals surface area contributed by atoms with Crippen molar-refractivity contribution in [2.24, 2.45) is 0 Å². The van der Waals surface area contributed by atoms with Crippen LogP contribution in [0.4, 0.5) is 34.5 Å². The second kappa shape index (κ2) is 19.3. The van der Waals surface area contributed by atoms with Gasteiger partial charge in [0.2, 0.25) is 0 Å². The molecule has 0 saturated carbocycles. The predicted molar refractivity (Wildman–Crippen MR) is 191 cm³/mol. The third-order valence-electron chi connectivity index (χ3n) is 8.32. The smallest absolute Gasteiger partial charge is 0.418 e. The van der Waals surface area contributed by atoms with Gasteiger partial charge in [-0.15, -0.1) is 0 Å². The van der Waals surface area contributed by atoms with Crippen LogP contribution in [0.5, 0.6) is 0 Å². The monoisotopic (exact) mass is 790 g/mol. The quantitative estimate of drug-likeness (QED) is 0.124. The van der Waals surface area contributed by atoms with Crippen molar-refractivity contribution in [1.82, 2.24) is 29.7 Å². The second-order valence-corrected chi connectivity index (χ2v) is 12.3. The summed E-state index contributed by atoms with van der Waals surface area (Å²) in [6.45, 7) is 8.47. The van der Waals surface area contributed by atoms with Crippen LogP contribution in [-0.2, 0) is 39.1 Å². The molecular weight excluding hydrogens is 755 g/mol. The Morgan fingerprint density at radius 3 is 0.849 bits per heavy atom. The molecule has 6 nitrogen and oxygen atoms in total. The molecule has 1 saturated heterocycles. The Morgan fingerprint density at radius 2 is 0.604 bits per heavy atom. The van der Waals surface area contributed by atoms with Gasteiger partial charge in [0.1, 0.15) is 0 Å². The fraction of sp³-hybridized carbons (Fsp3) is 0.250. The molecule has 0 N–H and O–H groups in total. The molecule has 7 rings (SSSR count). The second-order valence-electron chi connectivity index (χ2n) is 12.3. The number of hydrogen-bond donors (Lipinski definition) is 0. The van der Waals surface area contributed by atoms with Gasteiger partial charge in [0.15, 0.2) is 0 Å². The van der Waals surface area contributed by atoms with Crippen molar-refractivity contribution in [1.29, 1.82) is 0 Å². The Morgan fingerprint density at radius 1 is 0.377 bits per heavy atom. The van der Waals surface area contributed by atoms with E-state index in [9.17, 15) is 34.5 Å². The molecule has 274 valence electrons. The first-order valence-corrected chi connectivity index (χ1v) is 16.7. The maximum absolute atomic E-state index is 9.75. The summed E-state index contributed by atoms with van der Waals surface area (Å²) in [6.07, 6.45) is 0. The van der Waals surface area contributed by atoms with Crippen molar-refractivity contribution in [3.8, 4) is 0 Å². The summed E-state index contributed by atoms with van der Waals surface area (Å²) in [4.78, 5) is 22.6. The van der Waals surface area contributed by atoms with E-state index in [4.69, 9.17) is 15.0 Å². The molecule has 1 aliphatic heterocycles. The average Bonchev–Trinajstić information content (AvgIpc) is 3.18. The fourth-order valence-corrected chi connectivity index (χ4v) is 5.93. The van der Waals surface area contributed by atoms with Crippen molar-refractivity contribution in [3.63, 3.8) is 0 Å². The molecule has 1 aliphatic rings. The SMILES string of the molecule is F[B-](F)(F)F.F[B-](F)(F)F.[Zn+2].c1ccc2nc(CN3CCN(Cc4ccc5ccccc5n4)CCN(Cc4ccc5ccccc5n4)CC3)ccc2c1. The number of benzene rings is 3. The van der Waals surface area contributed by atoms with Gasteiger partial charge in [0, 0.05) is 75.1 Å². The number of fused-ring (bicyclic) bond motifs is 3. The molecule has 0 spiro atoms. The molecule has 3 aromatic heterocycles. The van der Waals surface area contributed by atoms with Crippen LogP contribution in [0.1, 0.15) is 17.1 Å². The molecule has 4 heterocycles. The van der Waals surface area contributed by atoms with Crippen LogP contribution >= 0.6 is 0 Å². The van der Waals surface area contributed by atoms with Crippen molar-refractivity contribution in [2.45, 2.75) is 19.6 Å². The van der Waals surface area contributed by atoms with Crippen LogP contribution in [0.2, 0.25) is 0 Å². The third-order valence-corrected chi connectivity index (χ3v) is 8.32. The standard InChI is InChI=1S/C36H36N6.2BF4.Zn/c1-4-10-34-28(7-1)13-16-31(37-34)25-40-19-21-41(26-32-17-14-29-8-2-5-11-35(29)38-32)23-24-42(22-20-40)27-33-18-15-30-9-3-6-12-36(30)39-33;2*2-1(3,4)5;/h1-18H,19-27H2;;;/q;2*-1;+2. The summed E-state index contributed by atoms with van der Waals surface area (Å²) in [7, 11) is -12.0.